The van der Waals surface area contributed by atoms with Gasteiger partial charge in [0, 0.05) is 17.8 Å². The van der Waals surface area contributed by atoms with Gasteiger partial charge in [-0.3, -0.25) is 9.69 Å². The number of aliphatic hydroxyl groups excluding tert-OH is 1. The van der Waals surface area contributed by atoms with Crippen LogP contribution in [0.3, 0.4) is 0 Å². The van der Waals surface area contributed by atoms with Crippen molar-refractivity contribution in [2.45, 2.75) is 19.9 Å². The molecule has 0 bridgehead atoms. The van der Waals surface area contributed by atoms with E-state index in [1.807, 2.05) is 24.0 Å². The number of hydrogen-bond acceptors (Lipinski definition) is 4. The average Bonchev–Trinajstić information content (AvgIpc) is 2.76. The van der Waals surface area contributed by atoms with Crippen molar-refractivity contribution in [2.24, 2.45) is 5.73 Å². The molecule has 0 aliphatic heterocycles. The Morgan fingerprint density at radius 3 is 2.94 bits per heavy atom. The van der Waals surface area contributed by atoms with Gasteiger partial charge in [-0.2, -0.15) is 0 Å². The fraction of sp³-hybridized carbons (Fsp3) is 0.462. The molecule has 0 aliphatic rings. The lowest BCUT2D eigenvalue weighted by atomic mass is 10.3. The first-order valence-electron chi connectivity index (χ1n) is 5.84. The van der Waals surface area contributed by atoms with E-state index in [1.54, 1.807) is 11.3 Å². The van der Waals surface area contributed by atoms with E-state index in [0.717, 1.165) is 16.3 Å². The van der Waals surface area contributed by atoms with Crippen LogP contribution in [0.15, 0.2) is 12.1 Å². The highest BCUT2D eigenvalue weighted by Crippen LogP contribution is 2.17. The summed E-state index contributed by atoms with van der Waals surface area (Å²) < 4.78 is 0. The first-order chi connectivity index (χ1) is 8.65. The third-order valence-corrected chi connectivity index (χ3v) is 3.30. The Labute approximate surface area is 111 Å². The van der Waals surface area contributed by atoms with E-state index >= 15 is 0 Å². The molecule has 18 heavy (non-hydrogen) atoms. The van der Waals surface area contributed by atoms with Crippen LogP contribution in [0.5, 0.6) is 0 Å². The van der Waals surface area contributed by atoms with Crippen LogP contribution >= 0.6 is 11.3 Å². The third-order valence-electron chi connectivity index (χ3n) is 2.32. The lowest BCUT2D eigenvalue weighted by Gasteiger charge is -2.16. The molecule has 3 N–H and O–H groups in total. The molecule has 98 valence electrons. The molecule has 0 radical (unpaired) electrons. The van der Waals surface area contributed by atoms with Gasteiger partial charge in [-0.1, -0.05) is 18.8 Å². The minimum Gasteiger partial charge on any atom is -0.395 e. The van der Waals surface area contributed by atoms with E-state index in [1.165, 1.54) is 0 Å². The molecule has 0 unspecified atom stereocenters. The number of carbonyl (C=O) groups is 1. The summed E-state index contributed by atoms with van der Waals surface area (Å²) >= 11 is 1.61. The molecular weight excluding hydrogens is 248 g/mol. The summed E-state index contributed by atoms with van der Waals surface area (Å²) in [6.07, 6.45) is 0.496. The normalized spacial score (nSPS) is 10.2. The van der Waals surface area contributed by atoms with Crippen molar-refractivity contribution in [1.29, 1.82) is 0 Å². The maximum absolute atomic E-state index is 10.9. The maximum atomic E-state index is 10.9. The van der Waals surface area contributed by atoms with Gasteiger partial charge in [0.1, 0.15) is 0 Å². The van der Waals surface area contributed by atoms with E-state index < -0.39 is 0 Å². The smallest absolute Gasteiger partial charge is 0.231 e. The lowest BCUT2D eigenvalue weighted by molar-refractivity contribution is -0.119. The van der Waals surface area contributed by atoms with Gasteiger partial charge in [0.25, 0.3) is 0 Å². The van der Waals surface area contributed by atoms with Crippen LogP contribution in [0, 0.1) is 11.8 Å². The van der Waals surface area contributed by atoms with E-state index in [9.17, 15) is 4.79 Å². The summed E-state index contributed by atoms with van der Waals surface area (Å²) in [4.78, 5) is 15.0. The highest BCUT2D eigenvalue weighted by molar-refractivity contribution is 7.12. The number of hydrogen-bond donors (Lipinski definition) is 2. The summed E-state index contributed by atoms with van der Waals surface area (Å²) in [5, 5.41) is 8.63. The molecule has 0 spiro atoms. The molecule has 4 nitrogen and oxygen atoms in total. The number of nitrogens with two attached hydrogens (primary N) is 1. The number of aliphatic hydroxyl groups is 1. The van der Waals surface area contributed by atoms with Gasteiger partial charge in [0.2, 0.25) is 5.91 Å². The Kier molecular flexibility index (Phi) is 6.44. The number of amides is 1. The van der Waals surface area contributed by atoms with Crippen LogP contribution in [0.25, 0.3) is 0 Å². The van der Waals surface area contributed by atoms with Gasteiger partial charge >= 0.3 is 0 Å². The van der Waals surface area contributed by atoms with Crippen molar-refractivity contribution < 1.29 is 9.90 Å². The molecule has 1 aromatic rings. The van der Waals surface area contributed by atoms with Crippen LogP contribution in [0.1, 0.15) is 23.1 Å². The molecule has 0 saturated heterocycles. The summed E-state index contributed by atoms with van der Waals surface area (Å²) in [7, 11) is 0. The van der Waals surface area contributed by atoms with Gasteiger partial charge in [0.15, 0.2) is 0 Å². The van der Waals surface area contributed by atoms with Crippen molar-refractivity contribution in [1.82, 2.24) is 4.90 Å². The Balaban J connectivity index is 2.57. The second kappa shape index (κ2) is 7.88. The molecule has 0 aromatic carbocycles. The first-order valence-corrected chi connectivity index (χ1v) is 6.66. The number of nitrogens with zero attached hydrogens (tertiary/aromatic N) is 1. The fourth-order valence-corrected chi connectivity index (χ4v) is 2.38. The molecule has 1 aromatic heterocycles. The summed E-state index contributed by atoms with van der Waals surface area (Å²) in [6.45, 7) is 3.87. The fourth-order valence-electron chi connectivity index (χ4n) is 1.46. The lowest BCUT2D eigenvalue weighted by Crippen LogP contribution is -2.32. The van der Waals surface area contributed by atoms with Gasteiger partial charge < -0.3 is 10.8 Å². The number of rotatable bonds is 6. The van der Waals surface area contributed by atoms with Gasteiger partial charge in [-0.05, 0) is 18.7 Å². The van der Waals surface area contributed by atoms with Crippen molar-refractivity contribution in [3.05, 3.63) is 21.9 Å². The zero-order valence-electron chi connectivity index (χ0n) is 10.5. The largest absolute Gasteiger partial charge is 0.395 e. The van der Waals surface area contributed by atoms with Crippen LogP contribution in [-0.4, -0.2) is 35.6 Å². The van der Waals surface area contributed by atoms with E-state index in [0.29, 0.717) is 13.0 Å². The van der Waals surface area contributed by atoms with Gasteiger partial charge in [-0.25, -0.2) is 0 Å². The average molecular weight is 266 g/mol. The molecule has 0 saturated carbocycles. The number of primary amides is 1. The maximum Gasteiger partial charge on any atom is 0.231 e. The van der Waals surface area contributed by atoms with Crippen LogP contribution < -0.4 is 5.73 Å². The quantitative estimate of drug-likeness (QED) is 0.748. The molecular formula is C13H18N2O2S. The van der Waals surface area contributed by atoms with E-state index in [4.69, 9.17) is 10.8 Å². The molecule has 1 rings (SSSR count). The van der Waals surface area contributed by atoms with Crippen molar-refractivity contribution in [3.8, 4) is 11.8 Å². The summed E-state index contributed by atoms with van der Waals surface area (Å²) in [5.74, 6) is 5.57. The minimum absolute atomic E-state index is 0.0907. The molecule has 0 aliphatic carbocycles. The van der Waals surface area contributed by atoms with Crippen molar-refractivity contribution >= 4 is 17.2 Å². The third kappa shape index (κ3) is 5.32. The molecule has 1 heterocycles. The topological polar surface area (TPSA) is 66.6 Å². The number of likely N-dealkylation sites (N-methyl/N-ethyl adjacent to an activating group) is 1. The Morgan fingerprint density at radius 1 is 1.56 bits per heavy atom. The van der Waals surface area contributed by atoms with Crippen molar-refractivity contribution in [2.75, 3.05) is 19.7 Å². The van der Waals surface area contributed by atoms with E-state index in [2.05, 4.69) is 11.8 Å². The summed E-state index contributed by atoms with van der Waals surface area (Å²) in [5.41, 5.74) is 5.19. The van der Waals surface area contributed by atoms with Crippen molar-refractivity contribution in [3.63, 3.8) is 0 Å². The van der Waals surface area contributed by atoms with Crippen LogP contribution in [-0.2, 0) is 11.3 Å². The predicted octanol–water partition coefficient (Wildman–Crippen LogP) is 0.789. The highest BCUT2D eigenvalue weighted by atomic mass is 32.1. The standard InChI is InChI=1S/C13H18N2O2S/c1-2-15(10-13(14)17)9-12-7-6-11(18-12)5-3-4-8-16/h6-7,16H,2,4,8-10H2,1H3,(H2,14,17). The zero-order chi connectivity index (χ0) is 13.4. The highest BCUT2D eigenvalue weighted by Gasteiger charge is 2.08. The Hall–Kier alpha value is -1.35. The first kappa shape index (κ1) is 14.7. The SMILES string of the molecule is CCN(CC(N)=O)Cc1ccc(C#CCCO)s1. The molecule has 0 fully saturated rings. The monoisotopic (exact) mass is 266 g/mol. The molecule has 1 amide bonds. The second-order valence-corrected chi connectivity index (χ2v) is 4.98. The van der Waals surface area contributed by atoms with Crippen LogP contribution in [0.2, 0.25) is 0 Å². The molecule has 5 heteroatoms. The summed E-state index contributed by atoms with van der Waals surface area (Å²) in [6, 6.07) is 3.97. The minimum atomic E-state index is -0.309. The van der Waals surface area contributed by atoms with Gasteiger partial charge in [0.05, 0.1) is 18.0 Å². The zero-order valence-corrected chi connectivity index (χ0v) is 11.3. The Bertz CT molecular complexity index is 445. The van der Waals surface area contributed by atoms with E-state index in [-0.39, 0.29) is 19.1 Å². The number of thiophene rings is 1. The second-order valence-electron chi connectivity index (χ2n) is 3.81. The molecule has 0 atom stereocenters. The number of carbonyl (C=O) groups excluding carboxylic acids is 1. The Morgan fingerprint density at radius 2 is 2.33 bits per heavy atom. The van der Waals surface area contributed by atoms with Crippen LogP contribution in [0.4, 0.5) is 0 Å². The predicted molar refractivity (Wildman–Crippen MR) is 73.0 cm³/mol. The van der Waals surface area contributed by atoms with Gasteiger partial charge in [-0.15, -0.1) is 11.3 Å².